The Kier molecular flexibility index (Phi) is 1.23. The molecule has 48 valence electrons. The number of halogens is 1. The zero-order chi connectivity index (χ0) is 6.97. The summed E-state index contributed by atoms with van der Waals surface area (Å²) in [6, 6.07) is 5.97. The second kappa shape index (κ2) is 2.08. The van der Waals surface area contributed by atoms with E-state index in [-0.39, 0.29) is 0 Å². The van der Waals surface area contributed by atoms with Crippen molar-refractivity contribution in [3.8, 4) is 0 Å². The zero-order valence-corrected chi connectivity index (χ0v) is 6.72. The van der Waals surface area contributed by atoms with Crippen molar-refractivity contribution in [3.63, 3.8) is 0 Å². The van der Waals surface area contributed by atoms with E-state index in [0.717, 1.165) is 15.7 Å². The van der Waals surface area contributed by atoms with Crippen LogP contribution in [0.25, 0.3) is 6.08 Å². The van der Waals surface area contributed by atoms with Crippen LogP contribution in [0.15, 0.2) is 27.7 Å². The Bertz CT molecular complexity index is 335. The lowest BCUT2D eigenvalue weighted by atomic mass is 10.2. The highest BCUT2D eigenvalue weighted by Gasteiger charge is 2.00. The number of fused-ring (bicyclic) bond motifs is 1. The van der Waals surface area contributed by atoms with Crippen molar-refractivity contribution in [2.75, 3.05) is 0 Å². The predicted octanol–water partition coefficient (Wildman–Crippen LogP) is 2.78. The molecule has 0 bridgehead atoms. The maximum atomic E-state index is 4.01. The largest absolute Gasteiger partial charge is 0.206 e. The smallest absolute Gasteiger partial charge is 0.0809 e. The lowest BCUT2D eigenvalue weighted by Crippen LogP contribution is -1.69. The summed E-state index contributed by atoms with van der Waals surface area (Å²) in [5, 5.41) is 0. The molecule has 0 fully saturated rings. The molecule has 1 aliphatic heterocycles. The van der Waals surface area contributed by atoms with E-state index in [1.54, 1.807) is 0 Å². The van der Waals surface area contributed by atoms with Crippen LogP contribution in [0, 0.1) is 0 Å². The molecule has 0 saturated heterocycles. The van der Waals surface area contributed by atoms with Crippen molar-refractivity contribution in [2.45, 2.75) is 0 Å². The predicted molar refractivity (Wildman–Crippen MR) is 45.7 cm³/mol. The molecule has 1 aromatic carbocycles. The highest BCUT2D eigenvalue weighted by molar-refractivity contribution is 9.10. The van der Waals surface area contributed by atoms with E-state index in [4.69, 9.17) is 0 Å². The minimum atomic E-state index is 1.00. The molecule has 1 nitrogen and oxygen atoms in total. The molecular formula is C8H4BrN. The Morgan fingerprint density at radius 3 is 3.20 bits per heavy atom. The third kappa shape index (κ3) is 0.821. The second-order valence-electron chi connectivity index (χ2n) is 2.09. The van der Waals surface area contributed by atoms with Crippen LogP contribution in [-0.4, -0.2) is 5.87 Å². The number of rotatable bonds is 0. The van der Waals surface area contributed by atoms with Crippen LogP contribution in [0.3, 0.4) is 0 Å². The Labute approximate surface area is 67.2 Å². The molecule has 0 unspecified atom stereocenters. The standard InChI is InChI=1S/C8H4BrN/c9-7-1-2-8-6(5-7)3-4-10-8/h1-3,5H. The highest BCUT2D eigenvalue weighted by Crippen LogP contribution is 2.26. The molecule has 0 aromatic heterocycles. The molecular weight excluding hydrogens is 190 g/mol. The molecule has 0 spiro atoms. The van der Waals surface area contributed by atoms with Gasteiger partial charge in [-0.1, -0.05) is 15.9 Å². The summed E-state index contributed by atoms with van der Waals surface area (Å²) in [4.78, 5) is 4.01. The van der Waals surface area contributed by atoms with Crippen molar-refractivity contribution in [1.82, 2.24) is 0 Å². The summed E-state index contributed by atoms with van der Waals surface area (Å²) in [6.07, 6.45) is 1.88. The molecule has 10 heavy (non-hydrogen) atoms. The Morgan fingerprint density at radius 1 is 1.40 bits per heavy atom. The Balaban J connectivity index is 2.67. The molecule has 1 aromatic rings. The fraction of sp³-hybridized carbons (Fsp3) is 0. The first kappa shape index (κ1) is 5.90. The maximum absolute atomic E-state index is 4.01. The van der Waals surface area contributed by atoms with Crippen molar-refractivity contribution >= 4 is 33.6 Å². The summed E-state index contributed by atoms with van der Waals surface area (Å²) in [5.41, 5.74) is 2.14. The van der Waals surface area contributed by atoms with Gasteiger partial charge in [-0.05, 0) is 24.1 Å². The van der Waals surface area contributed by atoms with Crippen molar-refractivity contribution in [3.05, 3.63) is 28.2 Å². The van der Waals surface area contributed by atoms with Crippen LogP contribution in [-0.2, 0) is 0 Å². The van der Waals surface area contributed by atoms with Crippen LogP contribution >= 0.6 is 15.9 Å². The van der Waals surface area contributed by atoms with Gasteiger partial charge in [0.2, 0.25) is 0 Å². The summed E-state index contributed by atoms with van der Waals surface area (Å²) in [7, 11) is 0. The fourth-order valence-electron chi connectivity index (χ4n) is 0.914. The fourth-order valence-corrected chi connectivity index (χ4v) is 1.29. The number of nitrogens with zero attached hydrogens (tertiary/aromatic N) is 1. The molecule has 0 saturated carbocycles. The van der Waals surface area contributed by atoms with E-state index in [1.165, 1.54) is 0 Å². The van der Waals surface area contributed by atoms with Crippen LogP contribution in [0.2, 0.25) is 0 Å². The first-order valence-corrected chi connectivity index (χ1v) is 3.74. The lowest BCUT2D eigenvalue weighted by Gasteiger charge is -1.93. The molecule has 2 rings (SSSR count). The molecule has 0 amide bonds. The van der Waals surface area contributed by atoms with Gasteiger partial charge in [0.05, 0.1) is 5.69 Å². The van der Waals surface area contributed by atoms with E-state index < -0.39 is 0 Å². The molecule has 0 N–H and O–H groups in total. The second-order valence-corrected chi connectivity index (χ2v) is 3.00. The van der Waals surface area contributed by atoms with Gasteiger partial charge in [0, 0.05) is 16.1 Å². The average Bonchev–Trinajstić information content (AvgIpc) is 2.33. The zero-order valence-electron chi connectivity index (χ0n) is 5.13. The minimum absolute atomic E-state index is 1.00. The minimum Gasteiger partial charge on any atom is -0.206 e. The summed E-state index contributed by atoms with van der Waals surface area (Å²) < 4.78 is 1.08. The first-order valence-electron chi connectivity index (χ1n) is 2.95. The van der Waals surface area contributed by atoms with Gasteiger partial charge in [0.15, 0.2) is 0 Å². The third-order valence-corrected chi connectivity index (χ3v) is 1.89. The van der Waals surface area contributed by atoms with Crippen molar-refractivity contribution < 1.29 is 0 Å². The van der Waals surface area contributed by atoms with E-state index in [9.17, 15) is 0 Å². The van der Waals surface area contributed by atoms with E-state index in [2.05, 4.69) is 26.8 Å². The molecule has 1 heterocycles. The number of hydrogen-bond donors (Lipinski definition) is 0. The lowest BCUT2D eigenvalue weighted by molar-refractivity contribution is 1.53. The Morgan fingerprint density at radius 2 is 2.30 bits per heavy atom. The monoisotopic (exact) mass is 193 g/mol. The van der Waals surface area contributed by atoms with Gasteiger partial charge in [-0.25, -0.2) is 4.99 Å². The quantitative estimate of drug-likeness (QED) is 0.611. The van der Waals surface area contributed by atoms with Crippen LogP contribution in [0.5, 0.6) is 0 Å². The third-order valence-electron chi connectivity index (χ3n) is 1.39. The number of aliphatic imine (C=N–C) groups is 1. The molecule has 0 atom stereocenters. The molecule has 2 heteroatoms. The maximum Gasteiger partial charge on any atom is 0.0809 e. The van der Waals surface area contributed by atoms with Crippen LogP contribution < -0.4 is 0 Å². The van der Waals surface area contributed by atoms with Gasteiger partial charge in [-0.2, -0.15) is 0 Å². The molecule has 0 aliphatic carbocycles. The van der Waals surface area contributed by atoms with Gasteiger partial charge in [0.1, 0.15) is 0 Å². The highest BCUT2D eigenvalue weighted by atomic mass is 79.9. The first-order chi connectivity index (χ1) is 4.86. The van der Waals surface area contributed by atoms with Gasteiger partial charge in [-0.15, -0.1) is 0 Å². The van der Waals surface area contributed by atoms with Crippen molar-refractivity contribution in [2.24, 2.45) is 4.99 Å². The Hall–Kier alpha value is -0.850. The summed E-state index contributed by atoms with van der Waals surface area (Å²) >= 11 is 3.38. The SMILES string of the molecule is Brc1ccc2c(c1)C=C=N2. The summed E-state index contributed by atoms with van der Waals surface area (Å²) in [5.74, 6) is 2.79. The topological polar surface area (TPSA) is 12.4 Å². The van der Waals surface area contributed by atoms with E-state index >= 15 is 0 Å². The normalized spacial score (nSPS) is 12.1. The van der Waals surface area contributed by atoms with Crippen LogP contribution in [0.4, 0.5) is 5.69 Å². The van der Waals surface area contributed by atoms with Crippen molar-refractivity contribution in [1.29, 1.82) is 0 Å². The average molecular weight is 194 g/mol. The van der Waals surface area contributed by atoms with E-state index in [1.807, 2.05) is 24.3 Å². The van der Waals surface area contributed by atoms with Gasteiger partial charge in [-0.3, -0.25) is 0 Å². The van der Waals surface area contributed by atoms with Crippen LogP contribution in [0.1, 0.15) is 5.56 Å². The molecule has 0 radical (unpaired) electrons. The van der Waals surface area contributed by atoms with E-state index in [0.29, 0.717) is 0 Å². The van der Waals surface area contributed by atoms with Gasteiger partial charge in [0.25, 0.3) is 0 Å². The number of benzene rings is 1. The summed E-state index contributed by atoms with van der Waals surface area (Å²) in [6.45, 7) is 0. The number of hydrogen-bond acceptors (Lipinski definition) is 1. The van der Waals surface area contributed by atoms with Gasteiger partial charge < -0.3 is 0 Å². The molecule has 1 aliphatic rings. The van der Waals surface area contributed by atoms with Gasteiger partial charge >= 0.3 is 0 Å².